The van der Waals surface area contributed by atoms with Crippen LogP contribution in [-0.2, 0) is 0 Å². The van der Waals surface area contributed by atoms with E-state index in [-0.39, 0.29) is 0 Å². The second kappa shape index (κ2) is 3.50. The number of para-hydroxylation sites is 2. The van der Waals surface area contributed by atoms with Crippen molar-refractivity contribution in [1.82, 2.24) is 9.97 Å². The molecule has 4 heteroatoms. The van der Waals surface area contributed by atoms with Crippen LogP contribution in [0.4, 0.5) is 0 Å². The lowest BCUT2D eigenvalue weighted by Crippen LogP contribution is -1.99. The molecule has 80 valence electrons. The molecule has 0 bridgehead atoms. The van der Waals surface area contributed by atoms with E-state index >= 15 is 0 Å². The van der Waals surface area contributed by atoms with Crippen LogP contribution in [0, 0.1) is 0 Å². The van der Waals surface area contributed by atoms with E-state index in [1.807, 2.05) is 24.3 Å². The summed E-state index contributed by atoms with van der Waals surface area (Å²) < 4.78 is 5.14. The van der Waals surface area contributed by atoms with Gasteiger partial charge in [-0.25, -0.2) is 4.98 Å². The standard InChI is InChI=1S/C12H10N2O2/c15-11(10-6-3-7-16-10)12-13-8-4-1-2-5-9(8)14-12/h1-7,11,15H,(H,13,14). The number of fused-ring (bicyclic) bond motifs is 1. The van der Waals surface area contributed by atoms with E-state index < -0.39 is 6.10 Å². The van der Waals surface area contributed by atoms with Gasteiger partial charge in [0.1, 0.15) is 11.6 Å². The first kappa shape index (κ1) is 9.18. The van der Waals surface area contributed by atoms with E-state index in [2.05, 4.69) is 9.97 Å². The molecule has 0 fully saturated rings. The molecule has 2 aromatic heterocycles. The summed E-state index contributed by atoms with van der Waals surface area (Å²) in [4.78, 5) is 7.37. The molecule has 0 aliphatic carbocycles. The fourth-order valence-corrected chi connectivity index (χ4v) is 1.68. The summed E-state index contributed by atoms with van der Waals surface area (Å²) >= 11 is 0. The Labute approximate surface area is 91.6 Å². The number of aliphatic hydroxyl groups excluding tert-OH is 1. The molecular weight excluding hydrogens is 204 g/mol. The summed E-state index contributed by atoms with van der Waals surface area (Å²) in [5, 5.41) is 9.99. The zero-order valence-corrected chi connectivity index (χ0v) is 8.42. The molecule has 0 aliphatic heterocycles. The van der Waals surface area contributed by atoms with Crippen molar-refractivity contribution in [2.45, 2.75) is 6.10 Å². The zero-order chi connectivity index (χ0) is 11.0. The Kier molecular flexibility index (Phi) is 2.01. The third-order valence-electron chi connectivity index (χ3n) is 2.48. The van der Waals surface area contributed by atoms with Gasteiger partial charge in [-0.05, 0) is 24.3 Å². The number of aromatic nitrogens is 2. The normalized spacial score (nSPS) is 13.1. The molecule has 0 saturated carbocycles. The van der Waals surface area contributed by atoms with Gasteiger partial charge in [0.15, 0.2) is 6.10 Å². The maximum Gasteiger partial charge on any atom is 0.169 e. The van der Waals surface area contributed by atoms with Gasteiger partial charge in [0.25, 0.3) is 0 Å². The molecule has 0 spiro atoms. The van der Waals surface area contributed by atoms with Crippen molar-refractivity contribution in [2.24, 2.45) is 0 Å². The third kappa shape index (κ3) is 1.40. The molecule has 0 radical (unpaired) electrons. The van der Waals surface area contributed by atoms with Gasteiger partial charge in [0, 0.05) is 0 Å². The number of furan rings is 1. The summed E-state index contributed by atoms with van der Waals surface area (Å²) in [7, 11) is 0. The highest BCUT2D eigenvalue weighted by Crippen LogP contribution is 2.22. The van der Waals surface area contributed by atoms with E-state index in [4.69, 9.17) is 4.42 Å². The number of hydrogen-bond acceptors (Lipinski definition) is 3. The van der Waals surface area contributed by atoms with Crippen molar-refractivity contribution in [3.05, 3.63) is 54.2 Å². The molecule has 0 amide bonds. The lowest BCUT2D eigenvalue weighted by atomic mass is 10.2. The highest BCUT2D eigenvalue weighted by molar-refractivity contribution is 5.74. The van der Waals surface area contributed by atoms with E-state index in [1.54, 1.807) is 12.1 Å². The molecule has 1 atom stereocenters. The number of imidazole rings is 1. The topological polar surface area (TPSA) is 62.1 Å². The molecule has 3 rings (SSSR count). The molecule has 2 heterocycles. The van der Waals surface area contributed by atoms with Gasteiger partial charge < -0.3 is 14.5 Å². The predicted molar refractivity (Wildman–Crippen MR) is 58.9 cm³/mol. The minimum Gasteiger partial charge on any atom is -0.466 e. The highest BCUT2D eigenvalue weighted by atomic mass is 16.4. The number of hydrogen-bond donors (Lipinski definition) is 2. The fraction of sp³-hybridized carbons (Fsp3) is 0.0833. The number of nitrogens with one attached hydrogen (secondary N) is 1. The van der Waals surface area contributed by atoms with Crippen molar-refractivity contribution in [3.8, 4) is 0 Å². The summed E-state index contributed by atoms with van der Waals surface area (Å²) in [6.45, 7) is 0. The highest BCUT2D eigenvalue weighted by Gasteiger charge is 2.16. The van der Waals surface area contributed by atoms with Gasteiger partial charge in [-0.15, -0.1) is 0 Å². The van der Waals surface area contributed by atoms with E-state index in [0.29, 0.717) is 11.6 Å². The Balaban J connectivity index is 2.06. The molecule has 4 nitrogen and oxygen atoms in total. The molecule has 16 heavy (non-hydrogen) atoms. The number of H-pyrrole nitrogens is 1. The Morgan fingerprint density at radius 1 is 1.19 bits per heavy atom. The van der Waals surface area contributed by atoms with Crippen LogP contribution >= 0.6 is 0 Å². The van der Waals surface area contributed by atoms with Crippen LogP contribution < -0.4 is 0 Å². The second-order valence-electron chi connectivity index (χ2n) is 3.56. The zero-order valence-electron chi connectivity index (χ0n) is 8.42. The first-order valence-electron chi connectivity index (χ1n) is 5.01. The van der Waals surface area contributed by atoms with Crippen molar-refractivity contribution in [1.29, 1.82) is 0 Å². The van der Waals surface area contributed by atoms with E-state index in [9.17, 15) is 5.11 Å². The number of rotatable bonds is 2. The van der Waals surface area contributed by atoms with Gasteiger partial charge in [0.2, 0.25) is 0 Å². The van der Waals surface area contributed by atoms with Crippen molar-refractivity contribution in [2.75, 3.05) is 0 Å². The van der Waals surface area contributed by atoms with Crippen LogP contribution in [0.25, 0.3) is 11.0 Å². The Bertz CT molecular complexity index is 565. The van der Waals surface area contributed by atoms with Crippen LogP contribution in [0.2, 0.25) is 0 Å². The Hall–Kier alpha value is -2.07. The minimum absolute atomic E-state index is 0.485. The summed E-state index contributed by atoms with van der Waals surface area (Å²) in [6.07, 6.45) is 0.684. The first-order valence-corrected chi connectivity index (χ1v) is 5.01. The quantitative estimate of drug-likeness (QED) is 0.687. The van der Waals surface area contributed by atoms with Crippen LogP contribution in [0.3, 0.4) is 0 Å². The Morgan fingerprint density at radius 3 is 2.81 bits per heavy atom. The Morgan fingerprint density at radius 2 is 2.06 bits per heavy atom. The van der Waals surface area contributed by atoms with Gasteiger partial charge in [-0.3, -0.25) is 0 Å². The fourth-order valence-electron chi connectivity index (χ4n) is 1.68. The molecule has 1 aromatic carbocycles. The van der Waals surface area contributed by atoms with E-state index in [1.165, 1.54) is 6.26 Å². The average Bonchev–Trinajstić information content (AvgIpc) is 2.97. The summed E-state index contributed by atoms with van der Waals surface area (Å²) in [6, 6.07) is 11.1. The number of aromatic amines is 1. The molecule has 2 N–H and O–H groups in total. The summed E-state index contributed by atoms with van der Waals surface area (Å²) in [5.74, 6) is 0.982. The van der Waals surface area contributed by atoms with Crippen LogP contribution in [0.5, 0.6) is 0 Å². The van der Waals surface area contributed by atoms with Crippen molar-refractivity contribution >= 4 is 11.0 Å². The smallest absolute Gasteiger partial charge is 0.169 e. The second-order valence-corrected chi connectivity index (χ2v) is 3.56. The maximum absolute atomic E-state index is 9.99. The predicted octanol–water partition coefficient (Wildman–Crippen LogP) is 2.24. The first-order chi connectivity index (χ1) is 7.84. The van der Waals surface area contributed by atoms with E-state index in [0.717, 1.165) is 11.0 Å². The maximum atomic E-state index is 9.99. The lowest BCUT2D eigenvalue weighted by molar-refractivity contribution is 0.181. The molecular formula is C12H10N2O2. The van der Waals surface area contributed by atoms with Gasteiger partial charge in [-0.1, -0.05) is 12.1 Å². The molecule has 1 unspecified atom stereocenters. The van der Waals surface area contributed by atoms with Crippen LogP contribution in [0.15, 0.2) is 47.1 Å². The van der Waals surface area contributed by atoms with Crippen LogP contribution in [-0.4, -0.2) is 15.1 Å². The van der Waals surface area contributed by atoms with Crippen molar-refractivity contribution in [3.63, 3.8) is 0 Å². The SMILES string of the molecule is OC(c1nc2ccccc2[nH]1)c1ccco1. The molecule has 0 aliphatic rings. The third-order valence-corrected chi connectivity index (χ3v) is 2.48. The van der Waals surface area contributed by atoms with Gasteiger partial charge in [0.05, 0.1) is 17.3 Å². The molecule has 3 aromatic rings. The number of benzene rings is 1. The van der Waals surface area contributed by atoms with Gasteiger partial charge in [-0.2, -0.15) is 0 Å². The monoisotopic (exact) mass is 214 g/mol. The minimum atomic E-state index is -0.845. The van der Waals surface area contributed by atoms with Crippen molar-refractivity contribution < 1.29 is 9.52 Å². The summed E-state index contributed by atoms with van der Waals surface area (Å²) in [5.41, 5.74) is 1.74. The largest absolute Gasteiger partial charge is 0.466 e. The average molecular weight is 214 g/mol. The number of aliphatic hydroxyl groups is 1. The lowest BCUT2D eigenvalue weighted by Gasteiger charge is -2.02. The van der Waals surface area contributed by atoms with Crippen LogP contribution in [0.1, 0.15) is 17.7 Å². The van der Waals surface area contributed by atoms with Gasteiger partial charge >= 0.3 is 0 Å². The molecule has 0 saturated heterocycles. The number of nitrogens with zero attached hydrogens (tertiary/aromatic N) is 1.